The van der Waals surface area contributed by atoms with Crippen LogP contribution in [0.2, 0.25) is 0 Å². The molecule has 24 heavy (non-hydrogen) atoms. The molecule has 2 rings (SSSR count). The molecule has 0 saturated heterocycles. The third kappa shape index (κ3) is 3.31. The molecule has 0 N–H and O–H groups in total. The molecule has 0 heterocycles. The summed E-state index contributed by atoms with van der Waals surface area (Å²) in [6.07, 6.45) is 0. The van der Waals surface area contributed by atoms with Gasteiger partial charge in [-0.1, -0.05) is 0 Å². The van der Waals surface area contributed by atoms with Crippen LogP contribution in [0.3, 0.4) is 0 Å². The second kappa shape index (κ2) is 7.14. The quantitative estimate of drug-likeness (QED) is 0.480. The van der Waals surface area contributed by atoms with Gasteiger partial charge < -0.3 is 0 Å². The molecule has 136 valence electrons. The van der Waals surface area contributed by atoms with Gasteiger partial charge in [-0.3, -0.25) is 0 Å². The van der Waals surface area contributed by atoms with Crippen LogP contribution in [0.25, 0.3) is 0 Å². The van der Waals surface area contributed by atoms with E-state index in [2.05, 4.69) is 101 Å². The predicted octanol–water partition coefficient (Wildman–Crippen LogP) is 6.71. The van der Waals surface area contributed by atoms with Crippen molar-refractivity contribution in [3.63, 3.8) is 0 Å². The molecule has 5 heteroatoms. The summed E-state index contributed by atoms with van der Waals surface area (Å²) in [5.41, 5.74) is 0. The maximum atomic E-state index is 7.52. The zero-order valence-electron chi connectivity index (χ0n) is 15.5. The van der Waals surface area contributed by atoms with Crippen LogP contribution < -0.4 is 10.6 Å². The summed E-state index contributed by atoms with van der Waals surface area (Å²) in [4.78, 5) is 0. The van der Waals surface area contributed by atoms with Gasteiger partial charge in [-0.15, -0.1) is 0 Å². The molecule has 2 aromatic carbocycles. The van der Waals surface area contributed by atoms with Crippen LogP contribution in [0, 0.1) is 0 Å². The molecule has 0 aliphatic rings. The van der Waals surface area contributed by atoms with Crippen molar-refractivity contribution in [1.29, 1.82) is 0 Å². The van der Waals surface area contributed by atoms with Gasteiger partial charge in [0.05, 0.1) is 0 Å². The summed E-state index contributed by atoms with van der Waals surface area (Å²) in [5, 5.41) is 0.291. The Hall–Kier alpha value is 0.310. The van der Waals surface area contributed by atoms with Crippen LogP contribution in [0.1, 0.15) is 20.8 Å². The summed E-state index contributed by atoms with van der Waals surface area (Å²) >= 11 is 15.0. The first-order valence-corrected chi connectivity index (χ1v) is 20.0. The van der Waals surface area contributed by atoms with Crippen molar-refractivity contribution < 1.29 is 0 Å². The van der Waals surface area contributed by atoms with Crippen LogP contribution in [-0.4, -0.2) is 25.2 Å². The van der Waals surface area contributed by atoms with Gasteiger partial charge in [-0.05, 0) is 0 Å². The zero-order valence-corrected chi connectivity index (χ0v) is 20.0. The summed E-state index contributed by atoms with van der Waals surface area (Å²) in [5.74, 6) is 0. The summed E-state index contributed by atoms with van der Waals surface area (Å²) in [7, 11) is 0. The molecule has 0 nitrogen and oxygen atoms in total. The fraction of sp³-hybridized carbons (Fsp3) is 0.368. The van der Waals surface area contributed by atoms with E-state index in [-0.39, 0.29) is 5.16 Å². The van der Waals surface area contributed by atoms with Crippen molar-refractivity contribution in [2.24, 2.45) is 0 Å². The first-order valence-electron chi connectivity index (χ1n) is 8.45. The Morgan fingerprint density at radius 2 is 1.04 bits per heavy atom. The van der Waals surface area contributed by atoms with E-state index in [1.165, 1.54) is 10.6 Å². The third-order valence-corrected chi connectivity index (χ3v) is 52.7. The van der Waals surface area contributed by atoms with E-state index in [9.17, 15) is 0 Å². The normalized spacial score (nSPS) is 15.8. The second-order valence-corrected chi connectivity index (χ2v) is 38.1. The number of hydrogen-bond acceptors (Lipinski definition) is 0. The predicted molar refractivity (Wildman–Crippen MR) is 126 cm³/mol. The summed E-state index contributed by atoms with van der Waals surface area (Å²) in [6, 6.07) is 21.6. The fourth-order valence-electron chi connectivity index (χ4n) is 3.52. The Morgan fingerprint density at radius 3 is 1.42 bits per heavy atom. The molecule has 0 radical (unpaired) electrons. The fourth-order valence-corrected chi connectivity index (χ4v) is 45.2. The first-order chi connectivity index (χ1) is 11.0. The Balaban J connectivity index is 2.70. The van der Waals surface area contributed by atoms with E-state index in [1.807, 2.05) is 0 Å². The third-order valence-electron chi connectivity index (χ3n) is 5.76. The minimum absolute atomic E-state index is 0.100. The van der Waals surface area contributed by atoms with Crippen molar-refractivity contribution >= 4 is 52.3 Å². The van der Waals surface area contributed by atoms with Crippen LogP contribution in [0.4, 0.5) is 0 Å². The molecule has 0 saturated carbocycles. The second-order valence-electron chi connectivity index (χ2n) is 8.31. The van der Waals surface area contributed by atoms with Gasteiger partial charge in [0.25, 0.3) is 0 Å². The molecule has 0 aliphatic carbocycles. The molecular formula is C19H31Cl2P3. The van der Waals surface area contributed by atoms with Crippen molar-refractivity contribution in [1.82, 2.24) is 0 Å². The van der Waals surface area contributed by atoms with Gasteiger partial charge in [0, 0.05) is 0 Å². The van der Waals surface area contributed by atoms with Crippen molar-refractivity contribution in [3.8, 4) is 0 Å². The molecule has 0 aromatic heterocycles. The van der Waals surface area contributed by atoms with Gasteiger partial charge in [-0.2, -0.15) is 0 Å². The Labute approximate surface area is 158 Å². The molecule has 0 bridgehead atoms. The van der Waals surface area contributed by atoms with Crippen LogP contribution in [-0.2, 0) is 0 Å². The van der Waals surface area contributed by atoms with Gasteiger partial charge in [0.2, 0.25) is 0 Å². The van der Waals surface area contributed by atoms with Crippen molar-refractivity contribution in [2.75, 3.05) is 20.0 Å². The number of halogens is 2. The molecule has 0 unspecified atom stereocenters. The summed E-state index contributed by atoms with van der Waals surface area (Å²) < 4.78 is 0. The average molecular weight is 423 g/mol. The molecular weight excluding hydrogens is 392 g/mol. The molecule has 0 aliphatic heterocycles. The Bertz CT molecular complexity index is 679. The van der Waals surface area contributed by atoms with E-state index >= 15 is 0 Å². The zero-order chi connectivity index (χ0) is 18.2. The molecule has 2 aromatic rings. The van der Waals surface area contributed by atoms with E-state index in [1.54, 1.807) is 0 Å². The SMILES string of the molecule is CC(C)(C)[PH](C)(c1ccccc1)[PH](Cl)(Cl)[PH](C)(C)c1ccccc1. The topological polar surface area (TPSA) is 0 Å². The molecule has 0 amide bonds. The van der Waals surface area contributed by atoms with Gasteiger partial charge in [0.1, 0.15) is 0 Å². The van der Waals surface area contributed by atoms with Gasteiger partial charge >= 0.3 is 159 Å². The average Bonchev–Trinajstić information content (AvgIpc) is 2.54. The van der Waals surface area contributed by atoms with E-state index in [0.29, 0.717) is 0 Å². The van der Waals surface area contributed by atoms with Gasteiger partial charge in [-0.25, -0.2) is 0 Å². The van der Waals surface area contributed by atoms with Crippen molar-refractivity contribution in [2.45, 2.75) is 25.9 Å². The van der Waals surface area contributed by atoms with Crippen molar-refractivity contribution in [3.05, 3.63) is 60.7 Å². The number of rotatable bonds is 4. The molecule has 0 atom stereocenters. The van der Waals surface area contributed by atoms with Crippen LogP contribution >= 0.6 is 41.7 Å². The standard InChI is InChI=1S/C19H31Cl2P3/c1-19(2,3)23(6,18-15-11-8-12-16-18)24(20,21)22(4,5)17-13-9-7-10-14-17/h7-16,22-24H,1-6H3. The monoisotopic (exact) mass is 422 g/mol. The van der Waals surface area contributed by atoms with E-state index in [4.69, 9.17) is 22.5 Å². The maximum absolute atomic E-state index is 7.52. The molecule has 0 spiro atoms. The number of benzene rings is 2. The minimum atomic E-state index is -2.58. The van der Waals surface area contributed by atoms with Gasteiger partial charge in [0.15, 0.2) is 0 Å². The van der Waals surface area contributed by atoms with Crippen LogP contribution in [0.5, 0.6) is 0 Å². The number of hydrogen-bond donors (Lipinski definition) is 0. The first kappa shape index (κ1) is 20.6. The Morgan fingerprint density at radius 1 is 0.667 bits per heavy atom. The van der Waals surface area contributed by atoms with Crippen LogP contribution in [0.15, 0.2) is 60.7 Å². The molecule has 0 fully saturated rings. The van der Waals surface area contributed by atoms with E-state index in [0.717, 1.165) is 0 Å². The summed E-state index contributed by atoms with van der Waals surface area (Å²) in [6.45, 7) is 10.00. The van der Waals surface area contributed by atoms with E-state index < -0.39 is 19.2 Å². The Kier molecular flexibility index (Phi) is 6.13.